The van der Waals surface area contributed by atoms with Gasteiger partial charge in [0, 0.05) is 25.0 Å². The molecule has 1 amide bonds. The van der Waals surface area contributed by atoms with Gasteiger partial charge in [0.2, 0.25) is 0 Å². The fourth-order valence-corrected chi connectivity index (χ4v) is 1.42. The Hall–Kier alpha value is -2.37. The van der Waals surface area contributed by atoms with Crippen molar-refractivity contribution in [2.45, 2.75) is 6.42 Å². The molecule has 0 radical (unpaired) electrons. The van der Waals surface area contributed by atoms with Gasteiger partial charge in [-0.05, 0) is 24.1 Å². The lowest BCUT2D eigenvalue weighted by atomic mass is 10.2. The van der Waals surface area contributed by atoms with Gasteiger partial charge < -0.3 is 11.1 Å². The van der Waals surface area contributed by atoms with Gasteiger partial charge in [0.25, 0.3) is 5.91 Å². The zero-order valence-electron chi connectivity index (χ0n) is 9.18. The van der Waals surface area contributed by atoms with Crippen molar-refractivity contribution >= 4 is 11.7 Å². The van der Waals surface area contributed by atoms with Crippen molar-refractivity contribution in [3.05, 3.63) is 41.9 Å². The highest BCUT2D eigenvalue weighted by molar-refractivity contribution is 5.92. The van der Waals surface area contributed by atoms with Crippen molar-refractivity contribution in [3.63, 3.8) is 0 Å². The van der Waals surface area contributed by atoms with Gasteiger partial charge in [-0.3, -0.25) is 14.9 Å². The van der Waals surface area contributed by atoms with E-state index in [1.807, 2.05) is 12.1 Å². The van der Waals surface area contributed by atoms with E-state index in [1.54, 1.807) is 12.4 Å². The number of hydrogen-bond acceptors (Lipinski definition) is 4. The number of aromatic amines is 1. The molecule has 0 atom stereocenters. The molecule has 0 aliphatic carbocycles. The van der Waals surface area contributed by atoms with E-state index in [2.05, 4.69) is 20.5 Å². The number of pyridine rings is 1. The summed E-state index contributed by atoms with van der Waals surface area (Å²) < 4.78 is 0. The van der Waals surface area contributed by atoms with Gasteiger partial charge in [-0.1, -0.05) is 0 Å². The van der Waals surface area contributed by atoms with Gasteiger partial charge >= 0.3 is 0 Å². The molecular weight excluding hydrogens is 218 g/mol. The lowest BCUT2D eigenvalue weighted by Gasteiger charge is -2.03. The zero-order chi connectivity index (χ0) is 12.1. The van der Waals surface area contributed by atoms with Crippen LogP contribution in [0, 0.1) is 0 Å². The van der Waals surface area contributed by atoms with Crippen LogP contribution in [0.5, 0.6) is 0 Å². The Balaban J connectivity index is 1.81. The molecule has 2 rings (SSSR count). The quantitative estimate of drug-likeness (QED) is 0.707. The number of aromatic nitrogens is 3. The summed E-state index contributed by atoms with van der Waals surface area (Å²) in [6, 6.07) is 5.34. The third kappa shape index (κ3) is 3.04. The Labute approximate surface area is 98.3 Å². The normalized spacial score (nSPS) is 10.1. The van der Waals surface area contributed by atoms with Crippen molar-refractivity contribution in [1.29, 1.82) is 0 Å². The molecule has 0 saturated heterocycles. The number of nitrogens with two attached hydrogens (primary N) is 1. The van der Waals surface area contributed by atoms with E-state index in [9.17, 15) is 4.79 Å². The SMILES string of the molecule is Nc1cc(C(=O)NCCc2ccncc2)[nH]n1. The van der Waals surface area contributed by atoms with Crippen LogP contribution in [0.15, 0.2) is 30.6 Å². The van der Waals surface area contributed by atoms with Crippen LogP contribution >= 0.6 is 0 Å². The molecule has 2 aromatic heterocycles. The molecule has 0 spiro atoms. The second kappa shape index (κ2) is 5.11. The van der Waals surface area contributed by atoms with Crippen LogP contribution < -0.4 is 11.1 Å². The minimum absolute atomic E-state index is 0.205. The third-order valence-corrected chi connectivity index (χ3v) is 2.29. The molecule has 0 saturated carbocycles. The molecule has 6 heteroatoms. The molecule has 2 aromatic rings. The smallest absolute Gasteiger partial charge is 0.269 e. The predicted molar refractivity (Wildman–Crippen MR) is 63.3 cm³/mol. The molecule has 0 unspecified atom stereocenters. The van der Waals surface area contributed by atoms with Crippen LogP contribution in [0.3, 0.4) is 0 Å². The predicted octanol–water partition coefficient (Wildman–Crippen LogP) is 0.359. The fourth-order valence-electron chi connectivity index (χ4n) is 1.42. The summed E-state index contributed by atoms with van der Waals surface area (Å²) >= 11 is 0. The number of anilines is 1. The number of carbonyl (C=O) groups is 1. The van der Waals surface area contributed by atoms with E-state index >= 15 is 0 Å². The van der Waals surface area contributed by atoms with Crippen molar-refractivity contribution in [2.24, 2.45) is 0 Å². The minimum Gasteiger partial charge on any atom is -0.382 e. The highest BCUT2D eigenvalue weighted by Crippen LogP contribution is 2.00. The van der Waals surface area contributed by atoms with E-state index in [0.29, 0.717) is 18.1 Å². The molecule has 0 aliphatic heterocycles. The summed E-state index contributed by atoms with van der Waals surface area (Å²) in [7, 11) is 0. The number of amides is 1. The highest BCUT2D eigenvalue weighted by Gasteiger charge is 2.07. The summed E-state index contributed by atoms with van der Waals surface area (Å²) in [6.45, 7) is 0.557. The molecular formula is C11H13N5O. The molecule has 0 aromatic carbocycles. The first-order chi connectivity index (χ1) is 8.25. The summed E-state index contributed by atoms with van der Waals surface area (Å²) in [4.78, 5) is 15.5. The first-order valence-corrected chi connectivity index (χ1v) is 5.23. The zero-order valence-corrected chi connectivity index (χ0v) is 9.18. The number of rotatable bonds is 4. The Bertz CT molecular complexity index is 494. The highest BCUT2D eigenvalue weighted by atomic mass is 16.1. The van der Waals surface area contributed by atoms with Gasteiger partial charge in [-0.2, -0.15) is 5.10 Å². The van der Waals surface area contributed by atoms with Crippen molar-refractivity contribution in [1.82, 2.24) is 20.5 Å². The van der Waals surface area contributed by atoms with Gasteiger partial charge in [-0.15, -0.1) is 0 Å². The standard InChI is InChI=1S/C11H13N5O/c12-10-7-9(15-16-10)11(17)14-6-3-8-1-4-13-5-2-8/h1-2,4-5,7H,3,6H2,(H,14,17)(H3,12,15,16). The Morgan fingerprint density at radius 1 is 1.41 bits per heavy atom. The van der Waals surface area contributed by atoms with Gasteiger partial charge in [0.1, 0.15) is 11.5 Å². The van der Waals surface area contributed by atoms with E-state index in [4.69, 9.17) is 5.73 Å². The Morgan fingerprint density at radius 2 is 2.18 bits per heavy atom. The van der Waals surface area contributed by atoms with E-state index < -0.39 is 0 Å². The second-order valence-electron chi connectivity index (χ2n) is 3.57. The van der Waals surface area contributed by atoms with Crippen LogP contribution in [0.25, 0.3) is 0 Å². The first-order valence-electron chi connectivity index (χ1n) is 5.23. The average molecular weight is 231 g/mol. The summed E-state index contributed by atoms with van der Waals surface area (Å²) in [6.07, 6.45) is 4.22. The molecule has 4 N–H and O–H groups in total. The molecule has 0 aliphatic rings. The Kier molecular flexibility index (Phi) is 3.34. The number of nitrogen functional groups attached to an aromatic ring is 1. The van der Waals surface area contributed by atoms with Gasteiger partial charge in [0.15, 0.2) is 0 Å². The van der Waals surface area contributed by atoms with Crippen LogP contribution in [-0.2, 0) is 6.42 Å². The van der Waals surface area contributed by atoms with E-state index in [-0.39, 0.29) is 5.91 Å². The third-order valence-electron chi connectivity index (χ3n) is 2.29. The minimum atomic E-state index is -0.205. The maximum Gasteiger partial charge on any atom is 0.269 e. The topological polar surface area (TPSA) is 96.7 Å². The fraction of sp³-hybridized carbons (Fsp3) is 0.182. The van der Waals surface area contributed by atoms with Crippen LogP contribution in [-0.4, -0.2) is 27.6 Å². The Morgan fingerprint density at radius 3 is 2.82 bits per heavy atom. The number of nitrogens with one attached hydrogen (secondary N) is 2. The molecule has 2 heterocycles. The number of H-pyrrole nitrogens is 1. The lowest BCUT2D eigenvalue weighted by Crippen LogP contribution is -2.26. The van der Waals surface area contributed by atoms with Crippen molar-refractivity contribution in [2.75, 3.05) is 12.3 Å². The molecule has 88 valence electrons. The summed E-state index contributed by atoms with van der Waals surface area (Å²) in [5, 5.41) is 9.02. The molecule has 17 heavy (non-hydrogen) atoms. The molecule has 6 nitrogen and oxygen atoms in total. The second-order valence-corrected chi connectivity index (χ2v) is 3.57. The average Bonchev–Trinajstić information content (AvgIpc) is 2.77. The van der Waals surface area contributed by atoms with Gasteiger partial charge in [0.05, 0.1) is 0 Å². The summed E-state index contributed by atoms with van der Waals surface area (Å²) in [5.74, 6) is 0.104. The van der Waals surface area contributed by atoms with E-state index in [1.165, 1.54) is 6.07 Å². The van der Waals surface area contributed by atoms with Crippen LogP contribution in [0.1, 0.15) is 16.1 Å². The van der Waals surface area contributed by atoms with Crippen LogP contribution in [0.4, 0.5) is 5.82 Å². The number of carbonyl (C=O) groups excluding carboxylic acids is 1. The first kappa shape index (κ1) is 11.1. The molecule has 0 fully saturated rings. The number of hydrogen-bond donors (Lipinski definition) is 3. The van der Waals surface area contributed by atoms with Crippen molar-refractivity contribution in [3.8, 4) is 0 Å². The maximum absolute atomic E-state index is 11.6. The summed E-state index contributed by atoms with van der Waals surface area (Å²) in [5.41, 5.74) is 6.91. The van der Waals surface area contributed by atoms with Crippen LogP contribution in [0.2, 0.25) is 0 Å². The largest absolute Gasteiger partial charge is 0.382 e. The van der Waals surface area contributed by atoms with Gasteiger partial charge in [-0.25, -0.2) is 0 Å². The van der Waals surface area contributed by atoms with Crippen molar-refractivity contribution < 1.29 is 4.79 Å². The number of nitrogens with zero attached hydrogens (tertiary/aromatic N) is 2. The maximum atomic E-state index is 11.6. The monoisotopic (exact) mass is 231 g/mol. The van der Waals surface area contributed by atoms with E-state index in [0.717, 1.165) is 12.0 Å². The molecule has 0 bridgehead atoms. The lowest BCUT2D eigenvalue weighted by molar-refractivity contribution is 0.0949.